The SMILES string of the molecule is S=C(S)C1=C(Nc2ccccc2)CCC1. The van der Waals surface area contributed by atoms with Gasteiger partial charge in [-0.25, -0.2) is 0 Å². The molecule has 1 nitrogen and oxygen atoms in total. The molecule has 0 aromatic heterocycles. The smallest absolute Gasteiger partial charge is 0.0724 e. The number of thiol groups is 1. The normalized spacial score (nSPS) is 15.5. The fraction of sp³-hybridized carbons (Fsp3) is 0.250. The molecule has 2 rings (SSSR count). The average molecular weight is 235 g/mol. The summed E-state index contributed by atoms with van der Waals surface area (Å²) in [5.74, 6) is 0. The van der Waals surface area contributed by atoms with Crippen molar-refractivity contribution in [2.45, 2.75) is 19.3 Å². The highest BCUT2D eigenvalue weighted by Crippen LogP contribution is 2.29. The number of hydrogen-bond acceptors (Lipinski definition) is 2. The van der Waals surface area contributed by atoms with Crippen molar-refractivity contribution in [1.82, 2.24) is 0 Å². The van der Waals surface area contributed by atoms with E-state index in [1.807, 2.05) is 18.2 Å². The van der Waals surface area contributed by atoms with E-state index in [1.54, 1.807) is 0 Å². The first-order valence-electron chi connectivity index (χ1n) is 5.05. The Morgan fingerprint density at radius 3 is 2.60 bits per heavy atom. The third-order valence-corrected chi connectivity index (χ3v) is 3.06. The lowest BCUT2D eigenvalue weighted by Gasteiger charge is -2.09. The second-order valence-electron chi connectivity index (χ2n) is 3.61. The number of benzene rings is 1. The van der Waals surface area contributed by atoms with Gasteiger partial charge in [-0.15, -0.1) is 12.6 Å². The first kappa shape index (κ1) is 10.7. The fourth-order valence-corrected chi connectivity index (χ4v) is 2.29. The van der Waals surface area contributed by atoms with Crippen LogP contribution in [0.1, 0.15) is 19.3 Å². The Hall–Kier alpha value is -0.800. The van der Waals surface area contributed by atoms with Crippen molar-refractivity contribution in [3.05, 3.63) is 41.6 Å². The van der Waals surface area contributed by atoms with Gasteiger partial charge in [0.15, 0.2) is 0 Å². The van der Waals surface area contributed by atoms with E-state index < -0.39 is 0 Å². The third kappa shape index (κ3) is 2.61. The molecule has 0 saturated carbocycles. The third-order valence-electron chi connectivity index (χ3n) is 2.55. The van der Waals surface area contributed by atoms with Crippen molar-refractivity contribution in [2.75, 3.05) is 5.32 Å². The molecule has 1 aliphatic carbocycles. The van der Waals surface area contributed by atoms with Crippen LogP contribution in [0.5, 0.6) is 0 Å². The summed E-state index contributed by atoms with van der Waals surface area (Å²) in [6, 6.07) is 10.2. The largest absolute Gasteiger partial charge is 0.359 e. The summed E-state index contributed by atoms with van der Waals surface area (Å²) in [6.07, 6.45) is 3.30. The maximum absolute atomic E-state index is 5.11. The van der Waals surface area contributed by atoms with Gasteiger partial charge in [-0.2, -0.15) is 0 Å². The predicted octanol–water partition coefficient (Wildman–Crippen LogP) is 3.79. The molecule has 1 aromatic rings. The Morgan fingerprint density at radius 2 is 1.93 bits per heavy atom. The molecule has 0 radical (unpaired) electrons. The number of nitrogens with one attached hydrogen (secondary N) is 1. The number of rotatable bonds is 3. The lowest BCUT2D eigenvalue weighted by molar-refractivity contribution is 0.904. The monoisotopic (exact) mass is 235 g/mol. The number of para-hydroxylation sites is 1. The molecule has 0 spiro atoms. The van der Waals surface area contributed by atoms with E-state index >= 15 is 0 Å². The fourth-order valence-electron chi connectivity index (χ4n) is 1.81. The zero-order valence-corrected chi connectivity index (χ0v) is 10.1. The standard InChI is InChI=1S/C12H13NS2/c14-12(15)10-7-4-8-11(10)13-9-5-2-1-3-6-9/h1-3,5-6,13H,4,7-8H2,(H,14,15). The molecule has 0 fully saturated rings. The van der Waals surface area contributed by atoms with Crippen molar-refractivity contribution in [3.63, 3.8) is 0 Å². The average Bonchev–Trinajstić information content (AvgIpc) is 2.67. The minimum absolute atomic E-state index is 0.728. The Labute approximate surface area is 101 Å². The lowest BCUT2D eigenvalue weighted by atomic mass is 10.2. The minimum Gasteiger partial charge on any atom is -0.359 e. The summed E-state index contributed by atoms with van der Waals surface area (Å²) in [4.78, 5) is 0. The molecule has 0 heterocycles. The predicted molar refractivity (Wildman–Crippen MR) is 72.5 cm³/mol. The summed E-state index contributed by atoms with van der Waals surface area (Å²) >= 11 is 9.37. The Morgan fingerprint density at radius 1 is 1.20 bits per heavy atom. The quantitative estimate of drug-likeness (QED) is 0.610. The summed E-state index contributed by atoms with van der Waals surface area (Å²) in [6.45, 7) is 0. The molecule has 1 aromatic carbocycles. The molecule has 1 aliphatic rings. The van der Waals surface area contributed by atoms with Crippen molar-refractivity contribution < 1.29 is 0 Å². The molecule has 1 N–H and O–H groups in total. The highest BCUT2D eigenvalue weighted by Gasteiger charge is 2.16. The molecule has 3 heteroatoms. The molecular weight excluding hydrogens is 222 g/mol. The minimum atomic E-state index is 0.728. The van der Waals surface area contributed by atoms with Crippen LogP contribution in [0.3, 0.4) is 0 Å². The number of hydrogen-bond donors (Lipinski definition) is 2. The van der Waals surface area contributed by atoms with Gasteiger partial charge >= 0.3 is 0 Å². The Balaban J connectivity index is 2.18. The highest BCUT2D eigenvalue weighted by atomic mass is 32.1. The number of anilines is 1. The van der Waals surface area contributed by atoms with Crippen molar-refractivity contribution in [3.8, 4) is 0 Å². The van der Waals surface area contributed by atoms with Crippen molar-refractivity contribution in [2.24, 2.45) is 0 Å². The molecule has 0 amide bonds. The van der Waals surface area contributed by atoms with Crippen LogP contribution < -0.4 is 5.32 Å². The van der Waals surface area contributed by atoms with Gasteiger partial charge in [-0.1, -0.05) is 30.4 Å². The van der Waals surface area contributed by atoms with Gasteiger partial charge in [-0.05, 0) is 37.0 Å². The zero-order chi connectivity index (χ0) is 10.7. The van der Waals surface area contributed by atoms with E-state index in [9.17, 15) is 0 Å². The summed E-state index contributed by atoms with van der Waals surface area (Å²) in [7, 11) is 0. The van der Waals surface area contributed by atoms with Crippen LogP contribution in [0.15, 0.2) is 41.6 Å². The number of allylic oxidation sites excluding steroid dienone is 1. The maximum Gasteiger partial charge on any atom is 0.0724 e. The molecule has 0 unspecified atom stereocenters. The molecular formula is C12H13NS2. The van der Waals surface area contributed by atoms with Gasteiger partial charge in [0.05, 0.1) is 4.20 Å². The molecule has 0 aliphatic heterocycles. The first-order valence-corrected chi connectivity index (χ1v) is 5.90. The first-order chi connectivity index (χ1) is 7.27. The second kappa shape index (κ2) is 4.81. The lowest BCUT2D eigenvalue weighted by Crippen LogP contribution is -2.01. The van der Waals surface area contributed by atoms with Gasteiger partial charge in [0.1, 0.15) is 0 Å². The summed E-state index contributed by atoms with van der Waals surface area (Å²) < 4.78 is 0.728. The van der Waals surface area contributed by atoms with Crippen LogP contribution in [-0.4, -0.2) is 4.20 Å². The second-order valence-corrected chi connectivity index (χ2v) is 4.76. The van der Waals surface area contributed by atoms with E-state index in [0.29, 0.717) is 0 Å². The van der Waals surface area contributed by atoms with E-state index in [4.69, 9.17) is 12.2 Å². The van der Waals surface area contributed by atoms with Crippen LogP contribution in [0.2, 0.25) is 0 Å². The van der Waals surface area contributed by atoms with Crippen LogP contribution in [0.4, 0.5) is 5.69 Å². The molecule has 0 saturated heterocycles. The van der Waals surface area contributed by atoms with Gasteiger partial charge < -0.3 is 5.32 Å². The van der Waals surface area contributed by atoms with Crippen molar-refractivity contribution in [1.29, 1.82) is 0 Å². The van der Waals surface area contributed by atoms with Crippen LogP contribution in [-0.2, 0) is 0 Å². The van der Waals surface area contributed by atoms with Crippen LogP contribution in [0, 0.1) is 0 Å². The van der Waals surface area contributed by atoms with Crippen molar-refractivity contribution >= 4 is 34.7 Å². The number of thiocarbonyl (C=S) groups is 1. The Bertz CT molecular complexity index is 395. The Kier molecular flexibility index (Phi) is 3.44. The molecule has 15 heavy (non-hydrogen) atoms. The van der Waals surface area contributed by atoms with E-state index in [-0.39, 0.29) is 0 Å². The summed E-state index contributed by atoms with van der Waals surface area (Å²) in [5, 5.41) is 3.42. The molecule has 78 valence electrons. The summed E-state index contributed by atoms with van der Waals surface area (Å²) in [5.41, 5.74) is 3.56. The van der Waals surface area contributed by atoms with Gasteiger partial charge in [0.25, 0.3) is 0 Å². The zero-order valence-electron chi connectivity index (χ0n) is 8.36. The highest BCUT2D eigenvalue weighted by molar-refractivity contribution is 8.11. The van der Waals surface area contributed by atoms with Gasteiger partial charge in [0.2, 0.25) is 0 Å². The molecule has 0 atom stereocenters. The van der Waals surface area contributed by atoms with Crippen LogP contribution in [0.25, 0.3) is 0 Å². The van der Waals surface area contributed by atoms with Gasteiger partial charge in [-0.3, -0.25) is 0 Å². The molecule has 0 bridgehead atoms. The van der Waals surface area contributed by atoms with E-state index in [1.165, 1.54) is 17.7 Å². The topological polar surface area (TPSA) is 12.0 Å². The van der Waals surface area contributed by atoms with Crippen LogP contribution >= 0.6 is 24.8 Å². The van der Waals surface area contributed by atoms with E-state index in [2.05, 4.69) is 30.1 Å². The maximum atomic E-state index is 5.11. The van der Waals surface area contributed by atoms with E-state index in [0.717, 1.165) is 22.7 Å². The van der Waals surface area contributed by atoms with Gasteiger partial charge in [0, 0.05) is 11.4 Å².